The number of nitrogens with zero attached hydrogens (tertiary/aromatic N) is 1. The Morgan fingerprint density at radius 3 is 2.48 bits per heavy atom. The van der Waals surface area contributed by atoms with Crippen LogP contribution in [0.25, 0.3) is 0 Å². The van der Waals surface area contributed by atoms with Crippen molar-refractivity contribution in [1.29, 1.82) is 0 Å². The van der Waals surface area contributed by atoms with Crippen molar-refractivity contribution in [3.8, 4) is 0 Å². The molecule has 0 aromatic heterocycles. The minimum atomic E-state index is -3.46. The lowest BCUT2D eigenvalue weighted by molar-refractivity contribution is -0.118. The van der Waals surface area contributed by atoms with E-state index in [9.17, 15) is 17.6 Å². The molecule has 2 aromatic rings. The minimum Gasteiger partial charge on any atom is -0.355 e. The van der Waals surface area contributed by atoms with Gasteiger partial charge < -0.3 is 5.32 Å². The number of hydrogen-bond acceptors (Lipinski definition) is 4. The van der Waals surface area contributed by atoms with Crippen LogP contribution in [0.1, 0.15) is 11.1 Å². The molecule has 1 N–H and O–H groups in total. The van der Waals surface area contributed by atoms with E-state index in [1.54, 1.807) is 30.3 Å². The molecule has 0 unspecified atom stereocenters. The smallest absolute Gasteiger partial charge is 0.242 e. The Morgan fingerprint density at radius 1 is 1.11 bits per heavy atom. The average molecular weight is 411 g/mol. The van der Waals surface area contributed by atoms with Crippen molar-refractivity contribution in [3.05, 3.63) is 65.5 Å². The van der Waals surface area contributed by atoms with Crippen LogP contribution in [0.2, 0.25) is 0 Å². The van der Waals surface area contributed by atoms with E-state index < -0.39 is 10.0 Å². The monoisotopic (exact) mass is 410 g/mol. The molecule has 146 valence electrons. The lowest BCUT2D eigenvalue weighted by Gasteiger charge is -2.12. The molecule has 0 atom stereocenters. The lowest BCUT2D eigenvalue weighted by Crippen LogP contribution is -2.27. The van der Waals surface area contributed by atoms with Crippen LogP contribution in [0.4, 0.5) is 4.39 Å². The summed E-state index contributed by atoms with van der Waals surface area (Å²) in [6.07, 6.45) is 0.640. The number of rotatable bonds is 9. The highest BCUT2D eigenvalue weighted by Gasteiger charge is 2.17. The molecule has 0 heterocycles. The summed E-state index contributed by atoms with van der Waals surface area (Å²) in [7, 11) is -0.474. The van der Waals surface area contributed by atoms with E-state index in [1.807, 2.05) is 6.07 Å². The normalized spacial score (nSPS) is 11.6. The molecule has 0 radical (unpaired) electrons. The quantitative estimate of drug-likeness (QED) is 0.690. The van der Waals surface area contributed by atoms with Crippen LogP contribution >= 0.6 is 11.8 Å². The van der Waals surface area contributed by atoms with Crippen molar-refractivity contribution in [2.45, 2.75) is 17.1 Å². The van der Waals surface area contributed by atoms with Crippen LogP contribution in [0, 0.1) is 5.82 Å². The van der Waals surface area contributed by atoms with Crippen LogP contribution in [-0.2, 0) is 27.0 Å². The third kappa shape index (κ3) is 6.64. The van der Waals surface area contributed by atoms with Crippen molar-refractivity contribution in [2.24, 2.45) is 0 Å². The summed E-state index contributed by atoms with van der Waals surface area (Å²) in [6.45, 7) is 0.488. The van der Waals surface area contributed by atoms with Gasteiger partial charge in [0, 0.05) is 26.4 Å². The molecule has 0 spiro atoms. The predicted octanol–water partition coefficient (Wildman–Crippen LogP) is 2.67. The number of nitrogens with one attached hydrogen (secondary N) is 1. The molecule has 0 saturated heterocycles. The Bertz CT molecular complexity index is 869. The van der Waals surface area contributed by atoms with Crippen LogP contribution < -0.4 is 5.32 Å². The summed E-state index contributed by atoms with van der Waals surface area (Å²) >= 11 is 1.42. The second-order valence-electron chi connectivity index (χ2n) is 6.15. The van der Waals surface area contributed by atoms with Gasteiger partial charge in [-0.2, -0.15) is 0 Å². The third-order valence-electron chi connectivity index (χ3n) is 3.83. The molecular weight excluding hydrogens is 387 g/mol. The summed E-state index contributed by atoms with van der Waals surface area (Å²) in [4.78, 5) is 12.1. The van der Waals surface area contributed by atoms with Gasteiger partial charge in [0.15, 0.2) is 0 Å². The second-order valence-corrected chi connectivity index (χ2v) is 9.29. The van der Waals surface area contributed by atoms with Gasteiger partial charge in [0.2, 0.25) is 15.9 Å². The van der Waals surface area contributed by atoms with Gasteiger partial charge in [-0.05, 0) is 41.8 Å². The van der Waals surface area contributed by atoms with Gasteiger partial charge in [0.25, 0.3) is 0 Å². The van der Waals surface area contributed by atoms with Gasteiger partial charge in [0.05, 0.1) is 10.6 Å². The molecule has 2 aromatic carbocycles. The van der Waals surface area contributed by atoms with Gasteiger partial charge in [-0.3, -0.25) is 4.79 Å². The molecule has 0 fully saturated rings. The Labute approximate surface area is 164 Å². The van der Waals surface area contributed by atoms with E-state index in [4.69, 9.17) is 0 Å². The molecule has 0 saturated carbocycles. The van der Waals surface area contributed by atoms with E-state index in [-0.39, 0.29) is 22.4 Å². The fraction of sp³-hybridized carbons (Fsp3) is 0.316. The van der Waals surface area contributed by atoms with E-state index in [0.29, 0.717) is 18.7 Å². The molecule has 0 aliphatic carbocycles. The number of carbonyl (C=O) groups excluding carboxylic acids is 1. The molecule has 0 aliphatic heterocycles. The third-order valence-corrected chi connectivity index (χ3v) is 6.64. The average Bonchev–Trinajstić information content (AvgIpc) is 2.63. The Kier molecular flexibility index (Phi) is 7.82. The van der Waals surface area contributed by atoms with Gasteiger partial charge in [0.1, 0.15) is 5.82 Å². The number of halogens is 1. The predicted molar refractivity (Wildman–Crippen MR) is 107 cm³/mol. The van der Waals surface area contributed by atoms with Gasteiger partial charge in [-0.15, -0.1) is 11.8 Å². The molecule has 0 bridgehead atoms. The first-order valence-corrected chi connectivity index (χ1v) is 11.0. The highest BCUT2D eigenvalue weighted by atomic mass is 32.2. The van der Waals surface area contributed by atoms with E-state index in [1.165, 1.54) is 42.3 Å². The highest BCUT2D eigenvalue weighted by molar-refractivity contribution is 7.99. The standard InChI is InChI=1S/C19H23FN2O3S2/c1-22(2)27(24,25)18-5-3-4-16(12-18)13-26-14-19(23)21-11-10-15-6-8-17(20)9-7-15/h3-9,12H,10-11,13-14H2,1-2H3,(H,21,23). The molecule has 0 aliphatic rings. The summed E-state index contributed by atoms with van der Waals surface area (Å²) in [5.74, 6) is 0.469. The SMILES string of the molecule is CN(C)S(=O)(=O)c1cccc(CSCC(=O)NCCc2ccc(F)cc2)c1. The number of amides is 1. The first kappa shape index (κ1) is 21.4. The van der Waals surface area contributed by atoms with Gasteiger partial charge in [-0.1, -0.05) is 24.3 Å². The van der Waals surface area contributed by atoms with Crippen molar-refractivity contribution in [1.82, 2.24) is 9.62 Å². The molecule has 8 heteroatoms. The topological polar surface area (TPSA) is 66.5 Å². The summed E-state index contributed by atoms with van der Waals surface area (Å²) in [6, 6.07) is 12.9. The van der Waals surface area contributed by atoms with Crippen LogP contribution in [0.3, 0.4) is 0 Å². The number of benzene rings is 2. The zero-order chi connectivity index (χ0) is 19.9. The fourth-order valence-corrected chi connectivity index (χ4v) is 4.09. The highest BCUT2D eigenvalue weighted by Crippen LogP contribution is 2.18. The Hall–Kier alpha value is -1.90. The number of carbonyl (C=O) groups is 1. The van der Waals surface area contributed by atoms with E-state index in [2.05, 4.69) is 5.32 Å². The van der Waals surface area contributed by atoms with Crippen LogP contribution in [0.5, 0.6) is 0 Å². The van der Waals surface area contributed by atoms with Crippen LogP contribution in [-0.4, -0.2) is 45.0 Å². The zero-order valence-electron chi connectivity index (χ0n) is 15.3. The van der Waals surface area contributed by atoms with Crippen molar-refractivity contribution in [2.75, 3.05) is 26.4 Å². The zero-order valence-corrected chi connectivity index (χ0v) is 16.9. The lowest BCUT2D eigenvalue weighted by atomic mass is 10.1. The Balaban J connectivity index is 1.75. The first-order chi connectivity index (χ1) is 12.8. The summed E-state index contributed by atoms with van der Waals surface area (Å²) < 4.78 is 38.3. The van der Waals surface area contributed by atoms with Gasteiger partial charge >= 0.3 is 0 Å². The summed E-state index contributed by atoms with van der Waals surface area (Å²) in [5, 5.41) is 2.83. The van der Waals surface area contributed by atoms with Crippen molar-refractivity contribution < 1.29 is 17.6 Å². The van der Waals surface area contributed by atoms with Crippen LogP contribution in [0.15, 0.2) is 53.4 Å². The largest absolute Gasteiger partial charge is 0.355 e. The van der Waals surface area contributed by atoms with Gasteiger partial charge in [-0.25, -0.2) is 17.1 Å². The number of hydrogen-bond donors (Lipinski definition) is 1. The first-order valence-electron chi connectivity index (χ1n) is 8.39. The molecule has 27 heavy (non-hydrogen) atoms. The summed E-state index contributed by atoms with van der Waals surface area (Å²) in [5.41, 5.74) is 1.81. The number of sulfonamides is 1. The van der Waals surface area contributed by atoms with E-state index >= 15 is 0 Å². The maximum atomic E-state index is 12.8. The number of thioether (sulfide) groups is 1. The van der Waals surface area contributed by atoms with Crippen molar-refractivity contribution in [3.63, 3.8) is 0 Å². The molecule has 2 rings (SSSR count). The molecule has 5 nitrogen and oxygen atoms in total. The second kappa shape index (κ2) is 9.87. The van der Waals surface area contributed by atoms with E-state index in [0.717, 1.165) is 11.1 Å². The minimum absolute atomic E-state index is 0.0841. The maximum Gasteiger partial charge on any atom is 0.242 e. The molecule has 1 amide bonds. The van der Waals surface area contributed by atoms with Crippen molar-refractivity contribution >= 4 is 27.7 Å². The fourth-order valence-electron chi connectivity index (χ4n) is 2.32. The Morgan fingerprint density at radius 2 is 1.81 bits per heavy atom. The maximum absolute atomic E-state index is 12.8. The molecular formula is C19H23FN2O3S2.